The largest absolute Gasteiger partial charge is 0.364 e. The number of nitrogens with two attached hydrogens (primary N) is 1. The van der Waals surface area contributed by atoms with Crippen molar-refractivity contribution in [3.8, 4) is 0 Å². The molecule has 0 aliphatic heterocycles. The average molecular weight is 196 g/mol. The van der Waals surface area contributed by atoms with E-state index in [9.17, 15) is 4.79 Å². The lowest BCUT2D eigenvalue weighted by Crippen LogP contribution is -2.10. The molecule has 0 bridgehead atoms. The van der Waals surface area contributed by atoms with Gasteiger partial charge in [-0.2, -0.15) is 0 Å². The lowest BCUT2D eigenvalue weighted by atomic mass is 10.3. The summed E-state index contributed by atoms with van der Waals surface area (Å²) in [5.41, 5.74) is 6.20. The van der Waals surface area contributed by atoms with Crippen LogP contribution in [-0.4, -0.2) is 15.9 Å². The van der Waals surface area contributed by atoms with Gasteiger partial charge in [-0.15, -0.1) is 0 Å². The van der Waals surface area contributed by atoms with Gasteiger partial charge in [-0.05, 0) is 12.1 Å². The van der Waals surface area contributed by atoms with Crippen LogP contribution in [-0.2, 0) is 0 Å². The normalized spacial score (nSPS) is 10.5. The second-order valence-electron chi connectivity index (χ2n) is 2.64. The predicted octanol–water partition coefficient (Wildman–Crippen LogP) is 1.32. The summed E-state index contributed by atoms with van der Waals surface area (Å²) in [5, 5.41) is 1.22. The predicted molar refractivity (Wildman–Crippen MR) is 49.6 cm³/mol. The number of halogens is 1. The first-order valence-electron chi connectivity index (χ1n) is 3.61. The number of pyridine rings is 1. The number of hydrogen-bond acceptors (Lipinski definition) is 2. The molecule has 3 N–H and O–H groups in total. The molecule has 66 valence electrons. The summed E-state index contributed by atoms with van der Waals surface area (Å²) in [6, 6.07) is 3.31. The van der Waals surface area contributed by atoms with Crippen LogP contribution in [0.5, 0.6) is 0 Å². The van der Waals surface area contributed by atoms with Crippen LogP contribution < -0.4 is 5.73 Å². The second kappa shape index (κ2) is 2.74. The van der Waals surface area contributed by atoms with Gasteiger partial charge in [-0.3, -0.25) is 4.79 Å². The molecule has 0 radical (unpaired) electrons. The molecule has 0 saturated carbocycles. The van der Waals surface area contributed by atoms with Gasteiger partial charge in [-0.1, -0.05) is 11.6 Å². The number of rotatable bonds is 1. The van der Waals surface area contributed by atoms with Gasteiger partial charge in [0.05, 0.1) is 11.7 Å². The standard InChI is InChI=1S/C8H6ClN3O/c9-7-2-4-1-5(8(10)13)12-6(4)3-11-7/h1-3,12H,(H2,10,13). The molecule has 2 heterocycles. The van der Waals surface area contributed by atoms with E-state index in [1.807, 2.05) is 0 Å². The van der Waals surface area contributed by atoms with Crippen LogP contribution >= 0.6 is 11.6 Å². The van der Waals surface area contributed by atoms with E-state index in [4.69, 9.17) is 17.3 Å². The minimum atomic E-state index is -0.493. The van der Waals surface area contributed by atoms with E-state index in [1.54, 1.807) is 18.3 Å². The zero-order valence-corrected chi connectivity index (χ0v) is 7.30. The van der Waals surface area contributed by atoms with E-state index in [0.717, 1.165) is 10.9 Å². The number of primary amides is 1. The van der Waals surface area contributed by atoms with E-state index in [-0.39, 0.29) is 0 Å². The van der Waals surface area contributed by atoms with E-state index in [2.05, 4.69) is 9.97 Å². The summed E-state index contributed by atoms with van der Waals surface area (Å²) >= 11 is 5.67. The zero-order chi connectivity index (χ0) is 9.42. The Kier molecular flexibility index (Phi) is 1.70. The van der Waals surface area contributed by atoms with Gasteiger partial charge in [0.25, 0.3) is 5.91 Å². The van der Waals surface area contributed by atoms with Crippen molar-refractivity contribution in [2.24, 2.45) is 5.73 Å². The minimum Gasteiger partial charge on any atom is -0.364 e. The van der Waals surface area contributed by atoms with Crippen LogP contribution in [0.3, 0.4) is 0 Å². The topological polar surface area (TPSA) is 71.8 Å². The Hall–Kier alpha value is -1.55. The monoisotopic (exact) mass is 195 g/mol. The lowest BCUT2D eigenvalue weighted by Gasteiger charge is -1.88. The Bertz CT molecular complexity index is 477. The third-order valence-corrected chi connectivity index (χ3v) is 1.94. The smallest absolute Gasteiger partial charge is 0.265 e. The molecular formula is C8H6ClN3O. The van der Waals surface area contributed by atoms with Crippen LogP contribution in [0.15, 0.2) is 18.3 Å². The number of hydrogen-bond donors (Lipinski definition) is 2. The van der Waals surface area contributed by atoms with Crippen LogP contribution in [0.4, 0.5) is 0 Å². The number of amides is 1. The van der Waals surface area contributed by atoms with Crippen molar-refractivity contribution in [3.05, 3.63) is 29.2 Å². The van der Waals surface area contributed by atoms with Crippen molar-refractivity contribution in [2.45, 2.75) is 0 Å². The molecule has 5 heteroatoms. The number of carbonyl (C=O) groups is 1. The van der Waals surface area contributed by atoms with E-state index >= 15 is 0 Å². The molecule has 0 atom stereocenters. The molecule has 0 spiro atoms. The quantitative estimate of drug-likeness (QED) is 0.674. The average Bonchev–Trinajstić information content (AvgIpc) is 2.46. The van der Waals surface area contributed by atoms with Crippen LogP contribution in [0.25, 0.3) is 10.9 Å². The highest BCUT2D eigenvalue weighted by molar-refractivity contribution is 6.30. The lowest BCUT2D eigenvalue weighted by molar-refractivity contribution is 0.0996. The van der Waals surface area contributed by atoms with E-state index in [1.165, 1.54) is 0 Å². The second-order valence-corrected chi connectivity index (χ2v) is 3.03. The first-order valence-corrected chi connectivity index (χ1v) is 3.98. The number of nitrogens with one attached hydrogen (secondary N) is 1. The molecule has 2 rings (SSSR count). The SMILES string of the molecule is NC(=O)c1cc2cc(Cl)ncc2[nH]1. The minimum absolute atomic E-state index is 0.360. The molecule has 0 aromatic carbocycles. The molecule has 1 amide bonds. The Morgan fingerprint density at radius 1 is 1.54 bits per heavy atom. The van der Waals surface area contributed by atoms with E-state index < -0.39 is 5.91 Å². The molecular weight excluding hydrogens is 190 g/mol. The van der Waals surface area contributed by atoms with Gasteiger partial charge < -0.3 is 10.7 Å². The summed E-state index contributed by atoms with van der Waals surface area (Å²) in [6.07, 6.45) is 1.56. The fraction of sp³-hybridized carbons (Fsp3) is 0. The van der Waals surface area contributed by atoms with Gasteiger partial charge in [0.15, 0.2) is 0 Å². The Balaban J connectivity index is 2.68. The fourth-order valence-corrected chi connectivity index (χ4v) is 1.30. The molecule has 2 aromatic rings. The maximum atomic E-state index is 10.8. The molecule has 0 aliphatic carbocycles. The molecule has 0 unspecified atom stereocenters. The van der Waals surface area contributed by atoms with Crippen molar-refractivity contribution < 1.29 is 4.79 Å². The third kappa shape index (κ3) is 1.36. The molecule has 0 fully saturated rings. The number of aromatic amines is 1. The number of H-pyrrole nitrogens is 1. The highest BCUT2D eigenvalue weighted by Gasteiger charge is 2.05. The van der Waals surface area contributed by atoms with Gasteiger partial charge in [0.1, 0.15) is 10.8 Å². The third-order valence-electron chi connectivity index (χ3n) is 1.74. The molecule has 2 aromatic heterocycles. The number of aromatic nitrogens is 2. The first kappa shape index (κ1) is 8.07. The fourth-order valence-electron chi connectivity index (χ4n) is 1.14. The van der Waals surface area contributed by atoms with Crippen molar-refractivity contribution in [2.75, 3.05) is 0 Å². The van der Waals surface area contributed by atoms with Crippen molar-refractivity contribution >= 4 is 28.4 Å². The Labute approximate surface area is 78.7 Å². The zero-order valence-electron chi connectivity index (χ0n) is 6.54. The van der Waals surface area contributed by atoms with Crippen LogP contribution in [0, 0.1) is 0 Å². The molecule has 4 nitrogen and oxygen atoms in total. The maximum Gasteiger partial charge on any atom is 0.265 e. The number of nitrogens with zero attached hydrogens (tertiary/aromatic N) is 1. The summed E-state index contributed by atoms with van der Waals surface area (Å²) in [4.78, 5) is 17.5. The number of fused-ring (bicyclic) bond motifs is 1. The van der Waals surface area contributed by atoms with Crippen molar-refractivity contribution in [3.63, 3.8) is 0 Å². The summed E-state index contributed by atoms with van der Waals surface area (Å²) in [5.74, 6) is -0.493. The number of carbonyl (C=O) groups excluding carboxylic acids is 1. The van der Waals surface area contributed by atoms with E-state index in [0.29, 0.717) is 10.8 Å². The van der Waals surface area contributed by atoms with Gasteiger partial charge in [0, 0.05) is 5.39 Å². The summed E-state index contributed by atoms with van der Waals surface area (Å²) in [6.45, 7) is 0. The highest BCUT2D eigenvalue weighted by atomic mass is 35.5. The van der Waals surface area contributed by atoms with Crippen molar-refractivity contribution in [1.29, 1.82) is 0 Å². The van der Waals surface area contributed by atoms with Crippen molar-refractivity contribution in [1.82, 2.24) is 9.97 Å². The molecule has 0 saturated heterocycles. The summed E-state index contributed by atoms with van der Waals surface area (Å²) in [7, 11) is 0. The molecule has 13 heavy (non-hydrogen) atoms. The van der Waals surface area contributed by atoms with Gasteiger partial charge in [0.2, 0.25) is 0 Å². The maximum absolute atomic E-state index is 10.8. The molecule has 0 aliphatic rings. The van der Waals surface area contributed by atoms with Crippen LogP contribution in [0.1, 0.15) is 10.5 Å². The van der Waals surface area contributed by atoms with Gasteiger partial charge in [-0.25, -0.2) is 4.98 Å². The first-order chi connectivity index (χ1) is 6.16. The highest BCUT2D eigenvalue weighted by Crippen LogP contribution is 2.17. The Morgan fingerprint density at radius 2 is 2.31 bits per heavy atom. The summed E-state index contributed by atoms with van der Waals surface area (Å²) < 4.78 is 0. The van der Waals surface area contributed by atoms with Gasteiger partial charge >= 0.3 is 0 Å². The van der Waals surface area contributed by atoms with Crippen LogP contribution in [0.2, 0.25) is 5.15 Å². The Morgan fingerprint density at radius 3 is 3.00 bits per heavy atom.